The van der Waals surface area contributed by atoms with E-state index in [-0.39, 0.29) is 23.6 Å². The van der Waals surface area contributed by atoms with Gasteiger partial charge in [-0.1, -0.05) is 37.5 Å². The topological polar surface area (TPSA) is 62.6 Å². The molecule has 0 radical (unpaired) electrons. The van der Waals surface area contributed by atoms with Crippen LogP contribution >= 0.6 is 0 Å². The van der Waals surface area contributed by atoms with Gasteiger partial charge in [0, 0.05) is 24.7 Å². The van der Waals surface area contributed by atoms with Crippen molar-refractivity contribution in [2.45, 2.75) is 38.1 Å². The van der Waals surface area contributed by atoms with Crippen LogP contribution in [-0.4, -0.2) is 29.8 Å². The van der Waals surface area contributed by atoms with Gasteiger partial charge in [-0.2, -0.15) is 0 Å². The average molecular weight is 352 g/mol. The van der Waals surface area contributed by atoms with E-state index in [0.29, 0.717) is 11.3 Å². The summed E-state index contributed by atoms with van der Waals surface area (Å²) in [5.41, 5.74) is 0.729. The Morgan fingerprint density at radius 2 is 1.81 bits per heavy atom. The molecular weight excluding hydrogens is 328 g/mol. The Hall–Kier alpha value is -2.82. The molecule has 5 nitrogen and oxygen atoms in total. The molecule has 2 amide bonds. The van der Waals surface area contributed by atoms with Gasteiger partial charge in [0.15, 0.2) is 0 Å². The number of rotatable bonds is 5. The SMILES string of the molecule is CN(C(=O)/C(=C/c1ccco1)NC(=O)c1ccccc1)C1CCCCC1. The number of nitrogens with zero attached hydrogens (tertiary/aromatic N) is 1. The molecule has 0 bridgehead atoms. The molecule has 0 atom stereocenters. The molecule has 1 aromatic heterocycles. The molecule has 1 aliphatic rings. The van der Waals surface area contributed by atoms with Crippen LogP contribution in [0, 0.1) is 0 Å². The maximum atomic E-state index is 13.0. The van der Waals surface area contributed by atoms with E-state index >= 15 is 0 Å². The molecule has 5 heteroatoms. The van der Waals surface area contributed by atoms with Gasteiger partial charge in [0.05, 0.1) is 6.26 Å². The first-order valence-corrected chi connectivity index (χ1v) is 9.04. The molecule has 2 aromatic rings. The lowest BCUT2D eigenvalue weighted by Gasteiger charge is -2.31. The molecule has 1 N–H and O–H groups in total. The molecule has 0 unspecified atom stereocenters. The average Bonchev–Trinajstić information content (AvgIpc) is 3.21. The van der Waals surface area contributed by atoms with Crippen LogP contribution in [0.5, 0.6) is 0 Å². The fraction of sp³-hybridized carbons (Fsp3) is 0.333. The Morgan fingerprint density at radius 1 is 1.08 bits per heavy atom. The third-order valence-corrected chi connectivity index (χ3v) is 4.79. The van der Waals surface area contributed by atoms with Gasteiger partial charge in [0.25, 0.3) is 11.8 Å². The molecule has 1 aromatic carbocycles. The second-order valence-electron chi connectivity index (χ2n) is 6.60. The lowest BCUT2D eigenvalue weighted by Crippen LogP contribution is -2.42. The molecule has 0 spiro atoms. The molecule has 26 heavy (non-hydrogen) atoms. The largest absolute Gasteiger partial charge is 0.465 e. The molecule has 0 saturated heterocycles. The summed E-state index contributed by atoms with van der Waals surface area (Å²) in [6, 6.07) is 12.6. The van der Waals surface area contributed by atoms with Gasteiger partial charge in [-0.25, -0.2) is 0 Å². The Balaban J connectivity index is 1.81. The number of amides is 2. The summed E-state index contributed by atoms with van der Waals surface area (Å²) in [5, 5.41) is 2.76. The maximum Gasteiger partial charge on any atom is 0.270 e. The fourth-order valence-electron chi connectivity index (χ4n) is 3.28. The summed E-state index contributed by atoms with van der Waals surface area (Å²) in [5.74, 6) is 0.0186. The van der Waals surface area contributed by atoms with Gasteiger partial charge in [0.1, 0.15) is 11.5 Å². The number of nitrogens with one attached hydrogen (secondary N) is 1. The standard InChI is InChI=1S/C21H24N2O3/c1-23(17-11-6-3-7-12-17)21(25)19(15-18-13-8-14-26-18)22-20(24)16-9-4-2-5-10-16/h2,4-5,8-10,13-15,17H,3,6-7,11-12H2,1H3,(H,22,24)/b19-15-. The first kappa shape index (κ1) is 18.0. The summed E-state index contributed by atoms with van der Waals surface area (Å²) in [7, 11) is 1.81. The van der Waals surface area contributed by atoms with Crippen LogP contribution in [0.25, 0.3) is 6.08 Å². The highest BCUT2D eigenvalue weighted by Crippen LogP contribution is 2.23. The van der Waals surface area contributed by atoms with Gasteiger partial charge in [-0.3, -0.25) is 9.59 Å². The Kier molecular flexibility index (Phi) is 5.89. The van der Waals surface area contributed by atoms with Gasteiger partial charge < -0.3 is 14.6 Å². The Bertz CT molecular complexity index is 760. The molecular formula is C21H24N2O3. The lowest BCUT2D eigenvalue weighted by molar-refractivity contribution is -0.128. The van der Waals surface area contributed by atoms with E-state index in [4.69, 9.17) is 4.42 Å². The number of hydrogen-bond donors (Lipinski definition) is 1. The molecule has 136 valence electrons. The predicted molar refractivity (Wildman–Crippen MR) is 100 cm³/mol. The molecule has 0 aliphatic heterocycles. The third-order valence-electron chi connectivity index (χ3n) is 4.79. The van der Waals surface area contributed by atoms with E-state index in [1.165, 1.54) is 12.7 Å². The highest BCUT2D eigenvalue weighted by atomic mass is 16.3. The van der Waals surface area contributed by atoms with Crippen molar-refractivity contribution in [3.63, 3.8) is 0 Å². The Labute approximate surface area is 153 Å². The van der Waals surface area contributed by atoms with Crippen molar-refractivity contribution in [1.82, 2.24) is 10.2 Å². The second kappa shape index (κ2) is 8.52. The van der Waals surface area contributed by atoms with Crippen LogP contribution in [0.3, 0.4) is 0 Å². The number of carbonyl (C=O) groups excluding carboxylic acids is 2. The minimum absolute atomic E-state index is 0.197. The van der Waals surface area contributed by atoms with E-state index in [2.05, 4.69) is 5.32 Å². The van der Waals surface area contributed by atoms with Crippen molar-refractivity contribution in [3.8, 4) is 0 Å². The zero-order valence-corrected chi connectivity index (χ0v) is 15.0. The number of benzene rings is 1. The van der Waals surface area contributed by atoms with Crippen molar-refractivity contribution >= 4 is 17.9 Å². The smallest absolute Gasteiger partial charge is 0.270 e. The first-order valence-electron chi connectivity index (χ1n) is 9.04. The van der Waals surface area contributed by atoms with Crippen LogP contribution < -0.4 is 5.32 Å². The van der Waals surface area contributed by atoms with Crippen LogP contribution in [-0.2, 0) is 4.79 Å². The van der Waals surface area contributed by atoms with E-state index in [9.17, 15) is 9.59 Å². The van der Waals surface area contributed by atoms with Crippen molar-refractivity contribution in [2.75, 3.05) is 7.05 Å². The van der Waals surface area contributed by atoms with Gasteiger partial charge in [0.2, 0.25) is 0 Å². The van der Waals surface area contributed by atoms with E-state index in [0.717, 1.165) is 25.7 Å². The summed E-state index contributed by atoms with van der Waals surface area (Å²) in [6.45, 7) is 0. The third kappa shape index (κ3) is 4.42. The zero-order valence-electron chi connectivity index (χ0n) is 15.0. The van der Waals surface area contributed by atoms with Crippen LogP contribution in [0.1, 0.15) is 48.2 Å². The van der Waals surface area contributed by atoms with Crippen molar-refractivity contribution < 1.29 is 14.0 Å². The second-order valence-corrected chi connectivity index (χ2v) is 6.60. The monoisotopic (exact) mass is 352 g/mol. The van der Waals surface area contributed by atoms with Gasteiger partial charge >= 0.3 is 0 Å². The van der Waals surface area contributed by atoms with E-state index in [1.54, 1.807) is 47.4 Å². The number of likely N-dealkylation sites (N-methyl/N-ethyl adjacent to an activating group) is 1. The lowest BCUT2D eigenvalue weighted by atomic mass is 9.94. The first-order chi connectivity index (χ1) is 12.6. The van der Waals surface area contributed by atoms with E-state index in [1.807, 2.05) is 13.1 Å². The van der Waals surface area contributed by atoms with Crippen LogP contribution in [0.2, 0.25) is 0 Å². The quantitative estimate of drug-likeness (QED) is 0.832. The number of carbonyl (C=O) groups is 2. The summed E-state index contributed by atoms with van der Waals surface area (Å²) < 4.78 is 5.33. The zero-order chi connectivity index (χ0) is 18.4. The highest BCUT2D eigenvalue weighted by Gasteiger charge is 2.25. The highest BCUT2D eigenvalue weighted by molar-refractivity contribution is 6.05. The molecule has 1 fully saturated rings. The van der Waals surface area contributed by atoms with Crippen molar-refractivity contribution in [1.29, 1.82) is 0 Å². The van der Waals surface area contributed by atoms with Gasteiger partial charge in [-0.15, -0.1) is 0 Å². The molecule has 1 aliphatic carbocycles. The van der Waals surface area contributed by atoms with Crippen molar-refractivity contribution in [2.24, 2.45) is 0 Å². The molecule has 1 heterocycles. The van der Waals surface area contributed by atoms with Crippen LogP contribution in [0.4, 0.5) is 0 Å². The summed E-state index contributed by atoms with van der Waals surface area (Å²) in [6.07, 6.45) is 8.62. The van der Waals surface area contributed by atoms with Crippen LogP contribution in [0.15, 0.2) is 58.8 Å². The minimum Gasteiger partial charge on any atom is -0.465 e. The molecule has 1 saturated carbocycles. The van der Waals surface area contributed by atoms with Gasteiger partial charge in [-0.05, 0) is 37.1 Å². The minimum atomic E-state index is -0.311. The Morgan fingerprint density at radius 3 is 2.46 bits per heavy atom. The fourth-order valence-corrected chi connectivity index (χ4v) is 3.28. The van der Waals surface area contributed by atoms with Crippen molar-refractivity contribution in [3.05, 3.63) is 65.7 Å². The normalized spacial score (nSPS) is 15.5. The van der Waals surface area contributed by atoms with E-state index < -0.39 is 0 Å². The summed E-state index contributed by atoms with van der Waals surface area (Å²) in [4.78, 5) is 27.3. The number of hydrogen-bond acceptors (Lipinski definition) is 3. The summed E-state index contributed by atoms with van der Waals surface area (Å²) >= 11 is 0. The number of furan rings is 1. The molecule has 3 rings (SSSR count). The predicted octanol–water partition coefficient (Wildman–Crippen LogP) is 3.84. The maximum absolute atomic E-state index is 13.0.